The first-order valence-corrected chi connectivity index (χ1v) is 12.2. The second kappa shape index (κ2) is 9.30. The molecule has 1 N–H and O–H groups in total. The lowest BCUT2D eigenvalue weighted by Crippen LogP contribution is -2.45. The van der Waals surface area contributed by atoms with Crippen molar-refractivity contribution in [3.05, 3.63) is 64.6 Å². The molecule has 1 atom stereocenters. The lowest BCUT2D eigenvalue weighted by atomic mass is 9.99. The minimum atomic E-state index is -3.80. The van der Waals surface area contributed by atoms with Gasteiger partial charge in [0, 0.05) is 32.7 Å². The fourth-order valence-electron chi connectivity index (χ4n) is 4.09. The topological polar surface area (TPSA) is 102 Å². The molecule has 9 heteroatoms. The van der Waals surface area contributed by atoms with Crippen LogP contribution in [0.5, 0.6) is 0 Å². The lowest BCUT2D eigenvalue weighted by Gasteiger charge is -2.31. The first-order chi connectivity index (χ1) is 15.4. The van der Waals surface area contributed by atoms with E-state index in [0.29, 0.717) is 31.4 Å². The van der Waals surface area contributed by atoms with Gasteiger partial charge >= 0.3 is 5.76 Å². The normalized spacial score (nSPS) is 17.5. The highest BCUT2D eigenvalue weighted by Gasteiger charge is 2.33. The van der Waals surface area contributed by atoms with E-state index in [-0.39, 0.29) is 28.8 Å². The number of piperidine rings is 1. The van der Waals surface area contributed by atoms with Crippen molar-refractivity contribution in [2.75, 3.05) is 19.6 Å². The number of aryl methyl sites for hydroxylation is 2. The number of nitrogens with zero attached hydrogens (tertiary/aromatic N) is 2. The molecule has 1 aromatic heterocycles. The summed E-state index contributed by atoms with van der Waals surface area (Å²) in [7, 11) is -2.24. The Morgan fingerprint density at radius 3 is 2.75 bits per heavy atom. The summed E-state index contributed by atoms with van der Waals surface area (Å²) >= 11 is 0. The maximum atomic E-state index is 13.2. The fourth-order valence-corrected chi connectivity index (χ4v) is 5.63. The molecule has 0 saturated carbocycles. The number of carbonyl (C=O) groups excluding carboxylic acids is 1. The average Bonchev–Trinajstić information content (AvgIpc) is 3.10. The molecule has 1 saturated heterocycles. The van der Waals surface area contributed by atoms with Crippen LogP contribution in [-0.4, -0.2) is 42.8 Å². The first-order valence-electron chi connectivity index (χ1n) is 10.8. The van der Waals surface area contributed by atoms with Crippen molar-refractivity contribution >= 4 is 27.0 Å². The molecule has 1 aliphatic rings. The third-order valence-electron chi connectivity index (χ3n) is 5.94. The van der Waals surface area contributed by atoms with Gasteiger partial charge < -0.3 is 9.73 Å². The van der Waals surface area contributed by atoms with Crippen LogP contribution in [0, 0.1) is 5.92 Å². The van der Waals surface area contributed by atoms with E-state index in [1.807, 2.05) is 18.2 Å². The molecule has 8 nitrogen and oxygen atoms in total. The van der Waals surface area contributed by atoms with Crippen LogP contribution < -0.4 is 11.1 Å². The summed E-state index contributed by atoms with van der Waals surface area (Å²) in [4.78, 5) is 24.4. The van der Waals surface area contributed by atoms with Gasteiger partial charge in [0.2, 0.25) is 15.9 Å². The van der Waals surface area contributed by atoms with E-state index in [0.717, 1.165) is 12.8 Å². The molecule has 0 aliphatic carbocycles. The number of benzene rings is 2. The zero-order chi connectivity index (χ0) is 22.7. The summed E-state index contributed by atoms with van der Waals surface area (Å²) in [6.07, 6.45) is 2.98. The van der Waals surface area contributed by atoms with Crippen LogP contribution in [0.25, 0.3) is 11.1 Å². The highest BCUT2D eigenvalue weighted by molar-refractivity contribution is 7.89. The van der Waals surface area contributed by atoms with Crippen LogP contribution in [0.2, 0.25) is 0 Å². The van der Waals surface area contributed by atoms with Gasteiger partial charge in [-0.2, -0.15) is 4.31 Å². The van der Waals surface area contributed by atoms with E-state index >= 15 is 0 Å². The molecule has 0 bridgehead atoms. The fraction of sp³-hybridized carbons (Fsp3) is 0.391. The first kappa shape index (κ1) is 22.3. The van der Waals surface area contributed by atoms with Gasteiger partial charge in [-0.05, 0) is 43.4 Å². The summed E-state index contributed by atoms with van der Waals surface area (Å²) in [5.74, 6) is -1.03. The molecular formula is C23H27N3O5S. The summed E-state index contributed by atoms with van der Waals surface area (Å²) < 4.78 is 34.2. The molecule has 170 valence electrons. The standard InChI is InChI=1S/C23H27N3O5S/c1-25-20-12-11-19(15-21(20)31-23(25)28)32(29,30)26-14-6-10-18(16-26)22(27)24-13-5-9-17-7-3-2-4-8-17/h2-4,7-8,11-12,15,18H,5-6,9-10,13-14,16H2,1H3,(H,24,27)/t18-/m1/s1. The van der Waals surface area contributed by atoms with Crippen molar-refractivity contribution in [3.8, 4) is 0 Å². The molecule has 1 amide bonds. The van der Waals surface area contributed by atoms with Gasteiger partial charge in [-0.25, -0.2) is 13.2 Å². The zero-order valence-corrected chi connectivity index (χ0v) is 18.8. The largest absolute Gasteiger partial charge is 0.419 e. The van der Waals surface area contributed by atoms with Crippen LogP contribution in [0.3, 0.4) is 0 Å². The summed E-state index contributed by atoms with van der Waals surface area (Å²) in [6, 6.07) is 14.5. The Labute approximate surface area is 186 Å². The van der Waals surface area contributed by atoms with Crippen molar-refractivity contribution in [3.63, 3.8) is 0 Å². The number of fused-ring (bicyclic) bond motifs is 1. The summed E-state index contributed by atoms with van der Waals surface area (Å²) in [5, 5.41) is 2.95. The van der Waals surface area contributed by atoms with Crippen molar-refractivity contribution < 1.29 is 17.6 Å². The van der Waals surface area contributed by atoms with E-state index in [4.69, 9.17) is 4.42 Å². The van der Waals surface area contributed by atoms with E-state index in [9.17, 15) is 18.0 Å². The van der Waals surface area contributed by atoms with Crippen LogP contribution in [0.4, 0.5) is 0 Å². The average molecular weight is 458 g/mol. The molecule has 0 unspecified atom stereocenters. The second-order valence-corrected chi connectivity index (χ2v) is 10.1. The molecule has 0 radical (unpaired) electrons. The predicted octanol–water partition coefficient (Wildman–Crippen LogP) is 2.28. The lowest BCUT2D eigenvalue weighted by molar-refractivity contribution is -0.126. The molecule has 0 spiro atoms. The van der Waals surface area contributed by atoms with E-state index in [2.05, 4.69) is 17.4 Å². The number of aromatic nitrogens is 1. The van der Waals surface area contributed by atoms with Gasteiger partial charge in [0.1, 0.15) is 0 Å². The smallest absolute Gasteiger partial charge is 0.408 e. The Morgan fingerprint density at radius 1 is 1.19 bits per heavy atom. The monoisotopic (exact) mass is 457 g/mol. The van der Waals surface area contributed by atoms with Crippen LogP contribution in [0.1, 0.15) is 24.8 Å². The van der Waals surface area contributed by atoms with Crippen molar-refractivity contribution in [2.24, 2.45) is 13.0 Å². The van der Waals surface area contributed by atoms with Crippen LogP contribution >= 0.6 is 0 Å². The Hall–Kier alpha value is -2.91. The number of amides is 1. The Morgan fingerprint density at radius 2 is 1.97 bits per heavy atom. The van der Waals surface area contributed by atoms with Crippen LogP contribution in [0.15, 0.2) is 62.6 Å². The minimum Gasteiger partial charge on any atom is -0.408 e. The molecular weight excluding hydrogens is 430 g/mol. The third kappa shape index (κ3) is 4.63. The molecule has 4 rings (SSSR count). The van der Waals surface area contributed by atoms with Crippen molar-refractivity contribution in [2.45, 2.75) is 30.6 Å². The highest BCUT2D eigenvalue weighted by Crippen LogP contribution is 2.26. The molecule has 1 fully saturated rings. The van der Waals surface area contributed by atoms with Crippen molar-refractivity contribution in [1.29, 1.82) is 0 Å². The van der Waals surface area contributed by atoms with Crippen molar-refractivity contribution in [1.82, 2.24) is 14.2 Å². The number of hydrogen-bond donors (Lipinski definition) is 1. The second-order valence-electron chi connectivity index (χ2n) is 8.14. The minimum absolute atomic E-state index is 0.0586. The highest BCUT2D eigenvalue weighted by atomic mass is 32.2. The molecule has 32 heavy (non-hydrogen) atoms. The predicted molar refractivity (Wildman–Crippen MR) is 121 cm³/mol. The van der Waals surface area contributed by atoms with Gasteiger partial charge in [0.05, 0.1) is 16.3 Å². The van der Waals surface area contributed by atoms with Gasteiger partial charge in [0.15, 0.2) is 5.58 Å². The Bertz CT molecular complexity index is 1260. The van der Waals surface area contributed by atoms with Gasteiger partial charge in [-0.3, -0.25) is 9.36 Å². The summed E-state index contributed by atoms with van der Waals surface area (Å²) in [6.45, 7) is 1.06. The third-order valence-corrected chi connectivity index (χ3v) is 7.80. The zero-order valence-electron chi connectivity index (χ0n) is 18.0. The maximum Gasteiger partial charge on any atom is 0.419 e. The Kier molecular flexibility index (Phi) is 6.48. The van der Waals surface area contributed by atoms with E-state index < -0.39 is 15.8 Å². The number of sulfonamides is 1. The van der Waals surface area contributed by atoms with Gasteiger partial charge in [-0.1, -0.05) is 30.3 Å². The summed E-state index contributed by atoms with van der Waals surface area (Å²) in [5.41, 5.74) is 1.98. The quantitative estimate of drug-likeness (QED) is 0.549. The van der Waals surface area contributed by atoms with Gasteiger partial charge in [-0.15, -0.1) is 0 Å². The molecule has 2 aromatic carbocycles. The van der Waals surface area contributed by atoms with Crippen LogP contribution in [-0.2, 0) is 28.3 Å². The van der Waals surface area contributed by atoms with E-state index in [1.165, 1.54) is 26.6 Å². The molecule has 1 aliphatic heterocycles. The number of carbonyl (C=O) groups is 1. The maximum absolute atomic E-state index is 13.2. The number of nitrogens with one attached hydrogen (secondary N) is 1. The number of rotatable bonds is 7. The number of oxazole rings is 1. The Balaban J connectivity index is 1.38. The van der Waals surface area contributed by atoms with E-state index in [1.54, 1.807) is 13.1 Å². The SMILES string of the molecule is Cn1c(=O)oc2cc(S(=O)(=O)N3CCC[C@@H](C(=O)NCCCc4ccccc4)C3)ccc21. The van der Waals surface area contributed by atoms with Gasteiger partial charge in [0.25, 0.3) is 0 Å². The molecule has 3 aromatic rings. The molecule has 2 heterocycles. The number of hydrogen-bond acceptors (Lipinski definition) is 5.